The molecule has 0 bridgehead atoms. The van der Waals surface area contributed by atoms with Gasteiger partial charge in [-0.25, -0.2) is 4.39 Å². The minimum Gasteiger partial charge on any atom is -0.379 e. The third kappa shape index (κ3) is 3.96. The summed E-state index contributed by atoms with van der Waals surface area (Å²) >= 11 is 0. The van der Waals surface area contributed by atoms with Crippen molar-refractivity contribution in [2.45, 2.75) is 31.9 Å². The molecule has 1 aromatic carbocycles. The molecule has 0 saturated carbocycles. The monoisotopic (exact) mass is 254 g/mol. The Kier molecular flexibility index (Phi) is 5.11. The van der Waals surface area contributed by atoms with E-state index in [4.69, 9.17) is 10.5 Å². The van der Waals surface area contributed by atoms with Crippen molar-refractivity contribution in [3.05, 3.63) is 30.1 Å². The highest BCUT2D eigenvalue weighted by Crippen LogP contribution is 2.23. The fourth-order valence-corrected chi connectivity index (χ4v) is 1.94. The Bertz CT molecular complexity index is 382. The number of nitrogens with zero attached hydrogens (tertiary/aromatic N) is 1. The zero-order chi connectivity index (χ0) is 13.8. The van der Waals surface area contributed by atoms with Gasteiger partial charge in [-0.05, 0) is 38.5 Å². The van der Waals surface area contributed by atoms with Crippen LogP contribution in [0.4, 0.5) is 10.1 Å². The molecule has 1 aromatic rings. The van der Waals surface area contributed by atoms with E-state index in [2.05, 4.69) is 0 Å². The van der Waals surface area contributed by atoms with Crippen molar-refractivity contribution in [1.82, 2.24) is 0 Å². The van der Waals surface area contributed by atoms with Crippen molar-refractivity contribution < 1.29 is 9.13 Å². The third-order valence-corrected chi connectivity index (χ3v) is 3.32. The van der Waals surface area contributed by atoms with Crippen LogP contribution < -0.4 is 10.6 Å². The number of ether oxygens (including phenoxy) is 1. The lowest BCUT2D eigenvalue weighted by atomic mass is 9.97. The summed E-state index contributed by atoms with van der Waals surface area (Å²) in [4.78, 5) is 2.00. The summed E-state index contributed by atoms with van der Waals surface area (Å²) in [6, 6.07) is 6.65. The van der Waals surface area contributed by atoms with Crippen molar-refractivity contribution in [3.8, 4) is 0 Å². The molecule has 1 rings (SSSR count). The fraction of sp³-hybridized carbons (Fsp3) is 0.571. The summed E-state index contributed by atoms with van der Waals surface area (Å²) in [6.45, 7) is 4.55. The molecule has 0 radical (unpaired) electrons. The average Bonchev–Trinajstić information content (AvgIpc) is 2.35. The van der Waals surface area contributed by atoms with E-state index in [0.717, 1.165) is 12.1 Å². The molecule has 0 heterocycles. The molecule has 0 aliphatic rings. The molecule has 0 aromatic heterocycles. The topological polar surface area (TPSA) is 38.5 Å². The van der Waals surface area contributed by atoms with Gasteiger partial charge in [-0.1, -0.05) is 6.07 Å². The highest BCUT2D eigenvalue weighted by molar-refractivity contribution is 5.46. The van der Waals surface area contributed by atoms with E-state index >= 15 is 0 Å². The average molecular weight is 254 g/mol. The summed E-state index contributed by atoms with van der Waals surface area (Å²) < 4.78 is 18.6. The molecule has 3 nitrogen and oxygen atoms in total. The van der Waals surface area contributed by atoms with E-state index in [9.17, 15) is 4.39 Å². The Morgan fingerprint density at radius 1 is 1.44 bits per heavy atom. The lowest BCUT2D eigenvalue weighted by molar-refractivity contribution is 0.0104. The van der Waals surface area contributed by atoms with Crippen LogP contribution in [0.1, 0.15) is 20.3 Å². The van der Waals surface area contributed by atoms with E-state index < -0.39 is 0 Å². The SMILES string of the molecule is COC(C)(C)CC(CN)N(C)c1cccc(F)c1. The van der Waals surface area contributed by atoms with Gasteiger partial charge in [0.15, 0.2) is 0 Å². The molecule has 2 N–H and O–H groups in total. The predicted molar refractivity (Wildman–Crippen MR) is 73.4 cm³/mol. The Morgan fingerprint density at radius 2 is 2.11 bits per heavy atom. The molecular formula is C14H23FN2O. The Balaban J connectivity index is 2.82. The van der Waals surface area contributed by atoms with Crippen molar-refractivity contribution >= 4 is 5.69 Å². The van der Waals surface area contributed by atoms with Crippen LogP contribution in [-0.4, -0.2) is 32.3 Å². The first-order valence-corrected chi connectivity index (χ1v) is 6.13. The van der Waals surface area contributed by atoms with E-state index in [1.54, 1.807) is 13.2 Å². The maximum atomic E-state index is 13.2. The molecule has 0 saturated heterocycles. The highest BCUT2D eigenvalue weighted by Gasteiger charge is 2.25. The maximum absolute atomic E-state index is 13.2. The molecule has 0 aliphatic carbocycles. The second-order valence-corrected chi connectivity index (χ2v) is 5.15. The van der Waals surface area contributed by atoms with E-state index in [1.807, 2.05) is 31.9 Å². The Morgan fingerprint density at radius 3 is 2.61 bits per heavy atom. The molecular weight excluding hydrogens is 231 g/mol. The number of methoxy groups -OCH3 is 1. The van der Waals surface area contributed by atoms with Crippen molar-refractivity contribution in [2.24, 2.45) is 5.73 Å². The first-order chi connectivity index (χ1) is 8.39. The minimum atomic E-state index is -0.244. The molecule has 102 valence electrons. The molecule has 0 fully saturated rings. The lowest BCUT2D eigenvalue weighted by Crippen LogP contribution is -2.43. The summed E-state index contributed by atoms with van der Waals surface area (Å²) in [5.41, 5.74) is 6.41. The molecule has 4 heteroatoms. The largest absolute Gasteiger partial charge is 0.379 e. The summed E-state index contributed by atoms with van der Waals surface area (Å²) in [7, 11) is 3.62. The van der Waals surface area contributed by atoms with Gasteiger partial charge < -0.3 is 15.4 Å². The maximum Gasteiger partial charge on any atom is 0.125 e. The van der Waals surface area contributed by atoms with Gasteiger partial charge in [0.2, 0.25) is 0 Å². The van der Waals surface area contributed by atoms with Crippen LogP contribution in [0.3, 0.4) is 0 Å². The van der Waals surface area contributed by atoms with Crippen LogP contribution >= 0.6 is 0 Å². The smallest absolute Gasteiger partial charge is 0.125 e. The number of benzene rings is 1. The second kappa shape index (κ2) is 6.16. The molecule has 0 amide bonds. The normalized spacial score (nSPS) is 13.4. The first-order valence-electron chi connectivity index (χ1n) is 6.13. The number of nitrogens with two attached hydrogens (primary N) is 1. The van der Waals surface area contributed by atoms with Gasteiger partial charge >= 0.3 is 0 Å². The number of likely N-dealkylation sites (N-methyl/N-ethyl adjacent to an activating group) is 1. The number of hydrogen-bond acceptors (Lipinski definition) is 3. The van der Waals surface area contributed by atoms with Gasteiger partial charge in [0.25, 0.3) is 0 Å². The first kappa shape index (κ1) is 14.9. The van der Waals surface area contributed by atoms with Crippen LogP contribution in [0.15, 0.2) is 24.3 Å². The zero-order valence-electron chi connectivity index (χ0n) is 11.6. The minimum absolute atomic E-state index is 0.113. The lowest BCUT2D eigenvalue weighted by Gasteiger charge is -2.35. The number of hydrogen-bond donors (Lipinski definition) is 1. The van der Waals surface area contributed by atoms with Crippen molar-refractivity contribution in [1.29, 1.82) is 0 Å². The van der Waals surface area contributed by atoms with Crippen LogP contribution in [0.5, 0.6) is 0 Å². The number of halogens is 1. The van der Waals surface area contributed by atoms with Gasteiger partial charge in [0.1, 0.15) is 5.82 Å². The summed E-state index contributed by atoms with van der Waals surface area (Å²) in [5.74, 6) is -0.235. The summed E-state index contributed by atoms with van der Waals surface area (Å²) in [5, 5.41) is 0. The molecule has 0 spiro atoms. The van der Waals surface area contributed by atoms with Gasteiger partial charge in [0, 0.05) is 32.4 Å². The molecule has 0 aliphatic heterocycles. The van der Waals surface area contributed by atoms with Crippen LogP contribution in [0, 0.1) is 5.82 Å². The van der Waals surface area contributed by atoms with Gasteiger partial charge in [-0.15, -0.1) is 0 Å². The zero-order valence-corrected chi connectivity index (χ0v) is 11.6. The van der Waals surface area contributed by atoms with E-state index in [-0.39, 0.29) is 17.5 Å². The van der Waals surface area contributed by atoms with Crippen LogP contribution in [-0.2, 0) is 4.74 Å². The Hall–Kier alpha value is -1.13. The standard InChI is InChI=1S/C14H23FN2O/c1-14(2,18-4)9-13(10-16)17(3)12-7-5-6-11(15)8-12/h5-8,13H,9-10,16H2,1-4H3. The van der Waals surface area contributed by atoms with Crippen LogP contribution in [0.2, 0.25) is 0 Å². The second-order valence-electron chi connectivity index (χ2n) is 5.15. The quantitative estimate of drug-likeness (QED) is 0.847. The van der Waals surface area contributed by atoms with Crippen molar-refractivity contribution in [2.75, 3.05) is 25.6 Å². The van der Waals surface area contributed by atoms with E-state index in [1.165, 1.54) is 12.1 Å². The molecule has 1 unspecified atom stereocenters. The highest BCUT2D eigenvalue weighted by atomic mass is 19.1. The fourth-order valence-electron chi connectivity index (χ4n) is 1.94. The van der Waals surface area contributed by atoms with Gasteiger partial charge in [-0.2, -0.15) is 0 Å². The number of rotatable bonds is 6. The summed E-state index contributed by atoms with van der Waals surface area (Å²) in [6.07, 6.45) is 0.785. The third-order valence-electron chi connectivity index (χ3n) is 3.32. The molecule has 18 heavy (non-hydrogen) atoms. The Labute approximate surface area is 109 Å². The molecule has 1 atom stereocenters. The van der Waals surface area contributed by atoms with Crippen LogP contribution in [0.25, 0.3) is 0 Å². The number of anilines is 1. The van der Waals surface area contributed by atoms with Crippen molar-refractivity contribution in [3.63, 3.8) is 0 Å². The van der Waals surface area contributed by atoms with E-state index in [0.29, 0.717) is 6.54 Å². The van der Waals surface area contributed by atoms with Gasteiger partial charge in [-0.3, -0.25) is 0 Å². The van der Waals surface area contributed by atoms with Gasteiger partial charge in [0.05, 0.1) is 5.60 Å². The predicted octanol–water partition coefficient (Wildman–Crippen LogP) is 2.40.